The summed E-state index contributed by atoms with van der Waals surface area (Å²) >= 11 is 0. The van der Waals surface area contributed by atoms with Crippen LogP contribution in [0.5, 0.6) is 0 Å². The number of Topliss-reactive ketones (excluding diaryl/α,β-unsaturated/α-hetero) is 1. The highest BCUT2D eigenvalue weighted by Crippen LogP contribution is 2.31. The van der Waals surface area contributed by atoms with Crippen molar-refractivity contribution in [2.75, 3.05) is 6.54 Å². The number of rotatable bonds is 6. The molecule has 1 saturated heterocycles. The monoisotopic (exact) mass is 451 g/mol. The lowest BCUT2D eigenvalue weighted by Crippen LogP contribution is -2.41. The van der Waals surface area contributed by atoms with Gasteiger partial charge in [-0.05, 0) is 39.3 Å². The number of nitrogens with one attached hydrogen (secondary N) is 1. The number of imide groups is 1. The number of aryl methyl sites for hydroxylation is 2. The zero-order chi connectivity index (χ0) is 24.1. The number of nitro groups is 1. The molecule has 0 radical (unpaired) electrons. The summed E-state index contributed by atoms with van der Waals surface area (Å²) in [5, 5.41) is 17.7. The van der Waals surface area contributed by atoms with Crippen molar-refractivity contribution in [2.24, 2.45) is 0 Å². The van der Waals surface area contributed by atoms with Gasteiger partial charge in [0.2, 0.25) is 0 Å². The number of hydrogen-bond acceptors (Lipinski definition) is 7. The van der Waals surface area contributed by atoms with Crippen LogP contribution in [0.1, 0.15) is 40.0 Å². The molecule has 0 saturated carbocycles. The average Bonchev–Trinajstić information content (AvgIpc) is 3.38. The molecule has 1 aliphatic heterocycles. The van der Waals surface area contributed by atoms with Gasteiger partial charge in [0.1, 0.15) is 11.3 Å². The van der Waals surface area contributed by atoms with E-state index in [9.17, 15) is 24.5 Å². The predicted octanol–water partition coefficient (Wildman–Crippen LogP) is 2.95. The van der Waals surface area contributed by atoms with E-state index < -0.39 is 34.7 Å². The number of nitro benzene ring substituents is 1. The molecule has 1 fully saturated rings. The van der Waals surface area contributed by atoms with Crippen molar-refractivity contribution in [3.63, 3.8) is 0 Å². The first-order valence-electron chi connectivity index (χ1n) is 10.1. The van der Waals surface area contributed by atoms with Gasteiger partial charge in [-0.15, -0.1) is 0 Å². The van der Waals surface area contributed by atoms with Crippen molar-refractivity contribution in [1.29, 1.82) is 0 Å². The van der Waals surface area contributed by atoms with Crippen molar-refractivity contribution in [1.82, 2.24) is 19.9 Å². The SMILES string of the molecule is Cc1cc(-n2c(C)cc(C(=O)CN3C(=O)NC(C)(c4cccc([N+](=O)[O-])c4)C3=O)c2C)no1. The number of aromatic nitrogens is 2. The van der Waals surface area contributed by atoms with Crippen molar-refractivity contribution >= 4 is 23.4 Å². The minimum Gasteiger partial charge on any atom is -0.360 e. The van der Waals surface area contributed by atoms with Crippen LogP contribution in [0.2, 0.25) is 0 Å². The third-order valence-corrected chi connectivity index (χ3v) is 5.79. The second-order valence-electron chi connectivity index (χ2n) is 8.09. The highest BCUT2D eigenvalue weighted by Gasteiger charge is 2.50. The molecule has 0 aliphatic carbocycles. The van der Waals surface area contributed by atoms with E-state index >= 15 is 0 Å². The number of nitrogens with zero attached hydrogens (tertiary/aromatic N) is 4. The summed E-state index contributed by atoms with van der Waals surface area (Å²) in [6.07, 6.45) is 0. The molecule has 3 heterocycles. The minimum absolute atomic E-state index is 0.208. The van der Waals surface area contributed by atoms with Crippen LogP contribution in [0.15, 0.2) is 40.9 Å². The fourth-order valence-corrected chi connectivity index (χ4v) is 4.05. The van der Waals surface area contributed by atoms with Gasteiger partial charge < -0.3 is 9.84 Å². The second-order valence-corrected chi connectivity index (χ2v) is 8.09. The van der Waals surface area contributed by atoms with Crippen molar-refractivity contribution in [3.8, 4) is 5.82 Å². The molecule has 11 heteroatoms. The topological polar surface area (TPSA) is 141 Å². The first kappa shape index (κ1) is 21.9. The van der Waals surface area contributed by atoms with Gasteiger partial charge in [-0.1, -0.05) is 17.3 Å². The van der Waals surface area contributed by atoms with Crippen molar-refractivity contribution in [3.05, 3.63) is 74.8 Å². The Balaban J connectivity index is 1.61. The van der Waals surface area contributed by atoms with E-state index in [1.165, 1.54) is 31.2 Å². The number of carbonyl (C=O) groups is 3. The summed E-state index contributed by atoms with van der Waals surface area (Å²) in [4.78, 5) is 50.2. The Hall–Kier alpha value is -4.28. The quantitative estimate of drug-likeness (QED) is 0.263. The van der Waals surface area contributed by atoms with E-state index in [1.807, 2.05) is 0 Å². The Kier molecular flexibility index (Phi) is 5.11. The largest absolute Gasteiger partial charge is 0.360 e. The van der Waals surface area contributed by atoms with Crippen LogP contribution in [-0.2, 0) is 10.3 Å². The average molecular weight is 451 g/mol. The van der Waals surface area contributed by atoms with Crippen LogP contribution in [-0.4, -0.2) is 43.8 Å². The van der Waals surface area contributed by atoms with E-state index in [2.05, 4.69) is 10.5 Å². The smallest absolute Gasteiger partial charge is 0.325 e. The van der Waals surface area contributed by atoms with Crippen molar-refractivity contribution in [2.45, 2.75) is 33.2 Å². The number of amides is 3. The molecule has 2 aromatic heterocycles. The van der Waals surface area contributed by atoms with Crippen LogP contribution < -0.4 is 5.32 Å². The third-order valence-electron chi connectivity index (χ3n) is 5.79. The van der Waals surface area contributed by atoms with Gasteiger partial charge in [-0.3, -0.25) is 29.2 Å². The lowest BCUT2D eigenvalue weighted by Gasteiger charge is -2.21. The molecule has 0 spiro atoms. The van der Waals surface area contributed by atoms with Crippen LogP contribution in [0, 0.1) is 30.9 Å². The van der Waals surface area contributed by atoms with E-state index in [0.717, 1.165) is 10.6 Å². The molecule has 33 heavy (non-hydrogen) atoms. The Morgan fingerprint density at radius 2 is 1.94 bits per heavy atom. The third kappa shape index (κ3) is 3.56. The minimum atomic E-state index is -1.53. The van der Waals surface area contributed by atoms with E-state index in [1.54, 1.807) is 37.5 Å². The van der Waals surface area contributed by atoms with Gasteiger partial charge in [0.15, 0.2) is 11.6 Å². The number of non-ortho nitro benzene ring substituents is 1. The number of carbonyl (C=O) groups excluding carboxylic acids is 3. The molecule has 1 aromatic carbocycles. The lowest BCUT2D eigenvalue weighted by molar-refractivity contribution is -0.385. The molecule has 1 atom stereocenters. The number of benzene rings is 1. The van der Waals surface area contributed by atoms with E-state index in [0.29, 0.717) is 22.8 Å². The molecule has 170 valence electrons. The summed E-state index contributed by atoms with van der Waals surface area (Å²) in [7, 11) is 0. The van der Waals surface area contributed by atoms with Crippen molar-refractivity contribution < 1.29 is 23.8 Å². The van der Waals surface area contributed by atoms with E-state index in [4.69, 9.17) is 4.52 Å². The highest BCUT2D eigenvalue weighted by atomic mass is 16.6. The normalized spacial score (nSPS) is 18.0. The molecular formula is C22H21N5O6. The standard InChI is InChI=1S/C22H21N5O6/c1-12-8-17(14(3)26(12)19-9-13(2)33-24-19)18(28)11-25-20(29)22(4,23-21(25)30)15-6-5-7-16(10-15)27(31)32/h5-10H,11H2,1-4H3,(H,23,30). The van der Waals surface area contributed by atoms with Gasteiger partial charge in [0, 0.05) is 35.2 Å². The van der Waals surface area contributed by atoms with Crippen LogP contribution in [0.3, 0.4) is 0 Å². The van der Waals surface area contributed by atoms with Crippen LogP contribution in [0.4, 0.5) is 10.5 Å². The second kappa shape index (κ2) is 7.69. The molecule has 1 unspecified atom stereocenters. The van der Waals surface area contributed by atoms with E-state index in [-0.39, 0.29) is 11.3 Å². The lowest BCUT2D eigenvalue weighted by atomic mass is 9.91. The maximum Gasteiger partial charge on any atom is 0.325 e. The zero-order valence-corrected chi connectivity index (χ0v) is 18.4. The molecule has 3 aromatic rings. The van der Waals surface area contributed by atoms with Gasteiger partial charge in [0.25, 0.3) is 11.6 Å². The molecule has 1 N–H and O–H groups in total. The number of ketones is 1. The molecular weight excluding hydrogens is 430 g/mol. The molecule has 0 bridgehead atoms. The number of hydrogen-bond donors (Lipinski definition) is 1. The van der Waals surface area contributed by atoms with Gasteiger partial charge in [-0.2, -0.15) is 0 Å². The summed E-state index contributed by atoms with van der Waals surface area (Å²) in [5.41, 5.74) is 0.198. The fourth-order valence-electron chi connectivity index (χ4n) is 4.05. The Bertz CT molecular complexity index is 1320. The van der Waals surface area contributed by atoms with Crippen LogP contribution in [0.25, 0.3) is 5.82 Å². The summed E-state index contributed by atoms with van der Waals surface area (Å²) in [6, 6.07) is 8.13. The zero-order valence-electron chi connectivity index (χ0n) is 18.4. The molecule has 4 rings (SSSR count). The first-order valence-corrected chi connectivity index (χ1v) is 10.1. The molecule has 1 aliphatic rings. The fraction of sp³-hybridized carbons (Fsp3) is 0.273. The Morgan fingerprint density at radius 3 is 2.58 bits per heavy atom. The molecule has 3 amide bonds. The summed E-state index contributed by atoms with van der Waals surface area (Å²) in [6.45, 7) is 6.28. The Morgan fingerprint density at radius 1 is 1.21 bits per heavy atom. The van der Waals surface area contributed by atoms with Gasteiger partial charge in [0.05, 0.1) is 11.5 Å². The van der Waals surface area contributed by atoms with Gasteiger partial charge >= 0.3 is 6.03 Å². The summed E-state index contributed by atoms with van der Waals surface area (Å²) < 4.78 is 6.87. The maximum atomic E-state index is 13.2. The highest BCUT2D eigenvalue weighted by molar-refractivity contribution is 6.11. The first-order chi connectivity index (χ1) is 15.5. The van der Waals surface area contributed by atoms with Crippen LogP contribution >= 0.6 is 0 Å². The summed E-state index contributed by atoms with van der Waals surface area (Å²) in [5.74, 6) is 0.0450. The maximum absolute atomic E-state index is 13.2. The Labute approximate surface area is 188 Å². The molecule has 11 nitrogen and oxygen atoms in total. The number of urea groups is 1. The predicted molar refractivity (Wildman–Crippen MR) is 115 cm³/mol. The van der Waals surface area contributed by atoms with Gasteiger partial charge in [-0.25, -0.2) is 4.79 Å².